The van der Waals surface area contributed by atoms with E-state index in [1.165, 1.54) is 0 Å². The largest absolute Gasteiger partial charge is 0.479 e. The fourth-order valence-electron chi connectivity index (χ4n) is 5.89. The van der Waals surface area contributed by atoms with Crippen molar-refractivity contribution in [3.8, 4) is 0 Å². The van der Waals surface area contributed by atoms with E-state index in [1.807, 2.05) is 0 Å². The van der Waals surface area contributed by atoms with Crippen molar-refractivity contribution in [3.05, 3.63) is 0 Å². The smallest absolute Gasteiger partial charge is 0.335 e. The van der Waals surface area contributed by atoms with Crippen LogP contribution in [0.15, 0.2) is 0 Å². The number of aliphatic hydroxyl groups excluding tert-OH is 12. The van der Waals surface area contributed by atoms with E-state index in [2.05, 4.69) is 0 Å². The molecule has 0 aromatic carbocycles. The Morgan fingerprint density at radius 1 is 0.531 bits per heavy atom. The third-order valence-corrected chi connectivity index (χ3v) is 8.80. The summed E-state index contributed by atoms with van der Waals surface area (Å²) >= 11 is 0. The second kappa shape index (κ2) is 16.1. The third-order valence-electron chi connectivity index (χ3n) is 8.80. The highest BCUT2D eigenvalue weighted by molar-refractivity contribution is 5.73. The molecule has 284 valence electrons. The topological polar surface area (TPSA) is 363 Å². The Hall–Kier alpha value is -1.37. The van der Waals surface area contributed by atoms with Crippen molar-refractivity contribution in [1.82, 2.24) is 0 Å². The number of rotatable bonds is 10. The van der Waals surface area contributed by atoms with Gasteiger partial charge in [-0.25, -0.2) is 4.79 Å². The molecule has 0 spiro atoms. The van der Waals surface area contributed by atoms with Gasteiger partial charge >= 0.3 is 5.97 Å². The quantitative estimate of drug-likeness (QED) is 0.0995. The fraction of sp³-hybridized carbons (Fsp3) is 0.962. The molecule has 0 aromatic heterocycles. The van der Waals surface area contributed by atoms with Crippen molar-refractivity contribution >= 4 is 5.97 Å². The highest BCUT2D eigenvalue weighted by Gasteiger charge is 2.54. The Kier molecular flexibility index (Phi) is 12.8. The van der Waals surface area contributed by atoms with Gasteiger partial charge in [-0.3, -0.25) is 0 Å². The normalized spacial score (nSPS) is 52.6. The van der Waals surface area contributed by atoms with Crippen LogP contribution in [-0.4, -0.2) is 228 Å². The molecule has 13 N–H and O–H groups in total. The van der Waals surface area contributed by atoms with E-state index in [9.17, 15) is 71.2 Å². The molecule has 5 fully saturated rings. The van der Waals surface area contributed by atoms with Gasteiger partial charge in [0, 0.05) is 0 Å². The van der Waals surface area contributed by atoms with E-state index in [0.717, 1.165) is 0 Å². The highest BCUT2D eigenvalue weighted by Crippen LogP contribution is 2.33. The molecule has 0 amide bonds. The number of hydrogen-bond donors (Lipinski definition) is 13. The maximum Gasteiger partial charge on any atom is 0.335 e. The van der Waals surface area contributed by atoms with Crippen LogP contribution < -0.4 is 0 Å². The first-order chi connectivity index (χ1) is 23.1. The molecule has 21 unspecified atom stereocenters. The number of aliphatic hydroxyl groups is 12. The Labute approximate surface area is 275 Å². The third kappa shape index (κ3) is 8.02. The summed E-state index contributed by atoms with van der Waals surface area (Å²) in [6.07, 6.45) is -37.1. The molecular formula is C26H42O23. The van der Waals surface area contributed by atoms with E-state index >= 15 is 0 Å². The van der Waals surface area contributed by atoms with Crippen LogP contribution in [0.5, 0.6) is 0 Å². The molecule has 23 heteroatoms. The first-order valence-corrected chi connectivity index (χ1v) is 15.2. The van der Waals surface area contributed by atoms with Crippen LogP contribution in [0.4, 0.5) is 0 Å². The lowest BCUT2D eigenvalue weighted by atomic mass is 9.98. The lowest BCUT2D eigenvalue weighted by Crippen LogP contribution is -2.65. The van der Waals surface area contributed by atoms with Gasteiger partial charge in [0.15, 0.2) is 37.6 Å². The van der Waals surface area contributed by atoms with Crippen LogP contribution in [0.1, 0.15) is 0 Å². The number of carbonyl (C=O) groups is 1. The first kappa shape index (κ1) is 38.9. The Balaban J connectivity index is 1.35. The number of ether oxygens (including phenoxy) is 9. The van der Waals surface area contributed by atoms with Gasteiger partial charge in [0.25, 0.3) is 0 Å². The second-order valence-corrected chi connectivity index (χ2v) is 12.1. The van der Waals surface area contributed by atoms with Gasteiger partial charge < -0.3 is 109 Å². The average Bonchev–Trinajstić information content (AvgIpc) is 3.34. The summed E-state index contributed by atoms with van der Waals surface area (Å²) in [7, 11) is 0. The van der Waals surface area contributed by atoms with Crippen LogP contribution >= 0.6 is 0 Å². The standard InChI is InChI=1S/C26H42O23/c27-1-6-10(30)15(35)24(44-6)47-18-8(4-43-23(17(18)37)45-7-3-41-22(40)14(34)11(7)31)46-26-20(9(29)5(28)2-42-26)49-25-16(36)12(32)13(33)19(48-25)21(38)39/h5-20,22-37,40H,1-4H2,(H,38,39). The van der Waals surface area contributed by atoms with Gasteiger partial charge in [-0.1, -0.05) is 0 Å². The minimum atomic E-state index is -2.09. The molecule has 0 bridgehead atoms. The Morgan fingerprint density at radius 3 is 1.78 bits per heavy atom. The fourth-order valence-corrected chi connectivity index (χ4v) is 5.89. The molecule has 5 aliphatic rings. The minimum absolute atomic E-state index is 0.453. The lowest BCUT2D eigenvalue weighted by Gasteiger charge is -2.46. The highest BCUT2D eigenvalue weighted by atomic mass is 16.8. The van der Waals surface area contributed by atoms with Gasteiger partial charge in [0.05, 0.1) is 26.4 Å². The monoisotopic (exact) mass is 722 g/mol. The lowest BCUT2D eigenvalue weighted by molar-refractivity contribution is -0.380. The van der Waals surface area contributed by atoms with E-state index in [4.69, 9.17) is 42.6 Å². The second-order valence-electron chi connectivity index (χ2n) is 12.1. The number of aliphatic carboxylic acids is 1. The predicted molar refractivity (Wildman–Crippen MR) is 143 cm³/mol. The van der Waals surface area contributed by atoms with E-state index in [-0.39, 0.29) is 0 Å². The Bertz CT molecular complexity index is 1090. The molecule has 0 aromatic rings. The van der Waals surface area contributed by atoms with Crippen LogP contribution in [0.3, 0.4) is 0 Å². The number of hydrogen-bond acceptors (Lipinski definition) is 22. The molecule has 23 nitrogen and oxygen atoms in total. The summed E-state index contributed by atoms with van der Waals surface area (Å²) in [6.45, 7) is -2.33. The van der Waals surface area contributed by atoms with Crippen LogP contribution in [-0.2, 0) is 47.4 Å². The van der Waals surface area contributed by atoms with Crippen molar-refractivity contribution in [1.29, 1.82) is 0 Å². The van der Waals surface area contributed by atoms with Crippen molar-refractivity contribution in [3.63, 3.8) is 0 Å². The van der Waals surface area contributed by atoms with Gasteiger partial charge in [-0.05, 0) is 0 Å². The summed E-state index contributed by atoms with van der Waals surface area (Å²) in [5.41, 5.74) is 0. The zero-order valence-electron chi connectivity index (χ0n) is 25.3. The molecule has 5 rings (SSSR count). The van der Waals surface area contributed by atoms with Gasteiger partial charge in [-0.15, -0.1) is 0 Å². The molecule has 5 aliphatic heterocycles. The predicted octanol–water partition coefficient (Wildman–Crippen LogP) is -9.28. The molecule has 0 saturated carbocycles. The summed E-state index contributed by atoms with van der Waals surface area (Å²) in [6, 6.07) is 0. The molecule has 0 radical (unpaired) electrons. The molecule has 0 aliphatic carbocycles. The van der Waals surface area contributed by atoms with E-state index in [1.54, 1.807) is 0 Å². The zero-order chi connectivity index (χ0) is 35.9. The SMILES string of the molecule is O=C(O)C1OC(OC2C(OC3COC(OC4COC(O)C(O)C4O)C(O)C3OC3OC(CO)C(O)C3O)OCC(O)C2O)C(O)C(O)C1O. The van der Waals surface area contributed by atoms with Gasteiger partial charge in [0.2, 0.25) is 0 Å². The van der Waals surface area contributed by atoms with Crippen molar-refractivity contribution < 1.29 is 114 Å². The average molecular weight is 723 g/mol. The van der Waals surface area contributed by atoms with Crippen molar-refractivity contribution in [2.24, 2.45) is 0 Å². The van der Waals surface area contributed by atoms with E-state index in [0.29, 0.717) is 0 Å². The van der Waals surface area contributed by atoms with Gasteiger partial charge in [0.1, 0.15) is 91.6 Å². The van der Waals surface area contributed by atoms with Crippen molar-refractivity contribution in [2.45, 2.75) is 129 Å². The summed E-state index contributed by atoms with van der Waals surface area (Å²) in [5, 5.41) is 133. The molecular weight excluding hydrogens is 680 g/mol. The van der Waals surface area contributed by atoms with Crippen LogP contribution in [0, 0.1) is 0 Å². The van der Waals surface area contributed by atoms with Gasteiger partial charge in [-0.2, -0.15) is 0 Å². The van der Waals surface area contributed by atoms with E-state index < -0.39 is 162 Å². The van der Waals surface area contributed by atoms with Crippen LogP contribution in [0.2, 0.25) is 0 Å². The molecule has 49 heavy (non-hydrogen) atoms. The first-order valence-electron chi connectivity index (χ1n) is 15.2. The molecule has 21 atom stereocenters. The maximum absolute atomic E-state index is 11.6. The summed E-state index contributed by atoms with van der Waals surface area (Å²) in [4.78, 5) is 11.6. The minimum Gasteiger partial charge on any atom is -0.479 e. The van der Waals surface area contributed by atoms with Crippen LogP contribution in [0.25, 0.3) is 0 Å². The summed E-state index contributed by atoms with van der Waals surface area (Å²) in [5.74, 6) is -1.73. The number of carboxylic acids is 1. The Morgan fingerprint density at radius 2 is 1.12 bits per heavy atom. The summed E-state index contributed by atoms with van der Waals surface area (Å²) < 4.78 is 49.3. The molecule has 5 saturated heterocycles. The van der Waals surface area contributed by atoms with Crippen molar-refractivity contribution in [2.75, 3.05) is 26.4 Å². The number of carboxylic acid groups (broad SMARTS) is 1. The maximum atomic E-state index is 11.6. The molecule has 5 heterocycles. The zero-order valence-corrected chi connectivity index (χ0v) is 25.3.